The van der Waals surface area contributed by atoms with Gasteiger partial charge in [0.15, 0.2) is 0 Å². The standard InChI is InChI=1S/C15H26N2O/c1-12(2)16-8-9-17(4)11-14-6-7-15(18-5)13(3)10-14/h6-7,10,12,16H,8-9,11H2,1-5H3. The van der Waals surface area contributed by atoms with Crippen molar-refractivity contribution in [2.24, 2.45) is 0 Å². The van der Waals surface area contributed by atoms with Gasteiger partial charge in [0.1, 0.15) is 5.75 Å². The minimum Gasteiger partial charge on any atom is -0.496 e. The minimum atomic E-state index is 0.557. The van der Waals surface area contributed by atoms with Gasteiger partial charge in [-0.25, -0.2) is 0 Å². The van der Waals surface area contributed by atoms with Gasteiger partial charge in [0, 0.05) is 25.7 Å². The van der Waals surface area contributed by atoms with Crippen molar-refractivity contribution in [3.05, 3.63) is 29.3 Å². The number of nitrogens with one attached hydrogen (secondary N) is 1. The van der Waals surface area contributed by atoms with Crippen LogP contribution in [0.1, 0.15) is 25.0 Å². The molecule has 0 bridgehead atoms. The number of rotatable bonds is 7. The molecule has 1 N–H and O–H groups in total. The molecule has 0 fully saturated rings. The number of ether oxygens (including phenoxy) is 1. The van der Waals surface area contributed by atoms with Gasteiger partial charge in [-0.15, -0.1) is 0 Å². The molecule has 102 valence electrons. The van der Waals surface area contributed by atoms with Crippen molar-refractivity contribution in [3.8, 4) is 5.75 Å². The number of nitrogens with zero attached hydrogens (tertiary/aromatic N) is 1. The van der Waals surface area contributed by atoms with Gasteiger partial charge in [-0.1, -0.05) is 26.0 Å². The predicted octanol–water partition coefficient (Wildman–Crippen LogP) is 2.43. The van der Waals surface area contributed by atoms with E-state index in [1.54, 1.807) is 7.11 Å². The van der Waals surface area contributed by atoms with Gasteiger partial charge < -0.3 is 15.0 Å². The summed E-state index contributed by atoms with van der Waals surface area (Å²) in [5.74, 6) is 0.961. The molecule has 3 nitrogen and oxygen atoms in total. The molecule has 0 spiro atoms. The molecular weight excluding hydrogens is 224 g/mol. The highest BCUT2D eigenvalue weighted by Crippen LogP contribution is 2.19. The van der Waals surface area contributed by atoms with Crippen molar-refractivity contribution >= 4 is 0 Å². The Labute approximate surface area is 111 Å². The van der Waals surface area contributed by atoms with Crippen LogP contribution >= 0.6 is 0 Å². The van der Waals surface area contributed by atoms with Crippen LogP contribution in [0.15, 0.2) is 18.2 Å². The molecule has 0 aromatic heterocycles. The molecule has 1 rings (SSSR count). The van der Waals surface area contributed by atoms with Crippen LogP contribution in [-0.2, 0) is 6.54 Å². The first-order valence-electron chi connectivity index (χ1n) is 6.58. The summed E-state index contributed by atoms with van der Waals surface area (Å²) in [5.41, 5.74) is 2.53. The molecular formula is C15H26N2O. The van der Waals surface area contributed by atoms with Crippen LogP contribution in [0.3, 0.4) is 0 Å². The summed E-state index contributed by atoms with van der Waals surface area (Å²) >= 11 is 0. The monoisotopic (exact) mass is 250 g/mol. The van der Waals surface area contributed by atoms with Gasteiger partial charge in [-0.05, 0) is 31.2 Å². The van der Waals surface area contributed by atoms with Crippen molar-refractivity contribution in [1.82, 2.24) is 10.2 Å². The number of hydrogen-bond donors (Lipinski definition) is 1. The smallest absolute Gasteiger partial charge is 0.121 e. The molecule has 0 unspecified atom stereocenters. The maximum absolute atomic E-state index is 5.27. The molecule has 0 heterocycles. The van der Waals surface area contributed by atoms with E-state index in [2.05, 4.69) is 50.2 Å². The third-order valence-electron chi connectivity index (χ3n) is 2.96. The first-order valence-corrected chi connectivity index (χ1v) is 6.58. The average Bonchev–Trinajstić information content (AvgIpc) is 2.28. The topological polar surface area (TPSA) is 24.5 Å². The maximum atomic E-state index is 5.27. The molecule has 0 aliphatic carbocycles. The second-order valence-corrected chi connectivity index (χ2v) is 5.15. The normalized spacial score (nSPS) is 11.3. The number of hydrogen-bond acceptors (Lipinski definition) is 3. The summed E-state index contributed by atoms with van der Waals surface area (Å²) in [6.07, 6.45) is 0. The lowest BCUT2D eigenvalue weighted by molar-refractivity contribution is 0.319. The molecule has 18 heavy (non-hydrogen) atoms. The van der Waals surface area contributed by atoms with Gasteiger partial charge in [0.05, 0.1) is 7.11 Å². The van der Waals surface area contributed by atoms with E-state index < -0.39 is 0 Å². The van der Waals surface area contributed by atoms with Crippen molar-refractivity contribution in [3.63, 3.8) is 0 Å². The van der Waals surface area contributed by atoms with Crippen molar-refractivity contribution in [2.75, 3.05) is 27.2 Å². The van der Waals surface area contributed by atoms with Crippen LogP contribution in [0.25, 0.3) is 0 Å². The summed E-state index contributed by atoms with van der Waals surface area (Å²) in [6.45, 7) is 9.50. The lowest BCUT2D eigenvalue weighted by atomic mass is 10.1. The summed E-state index contributed by atoms with van der Waals surface area (Å²) in [5, 5.41) is 3.43. The van der Waals surface area contributed by atoms with Crippen LogP contribution in [0.5, 0.6) is 5.75 Å². The van der Waals surface area contributed by atoms with Crippen LogP contribution in [-0.4, -0.2) is 38.2 Å². The maximum Gasteiger partial charge on any atom is 0.121 e. The predicted molar refractivity (Wildman–Crippen MR) is 77.2 cm³/mol. The van der Waals surface area contributed by atoms with Crippen LogP contribution in [0, 0.1) is 6.92 Å². The molecule has 0 aliphatic rings. The highest BCUT2D eigenvalue weighted by atomic mass is 16.5. The molecule has 1 aromatic carbocycles. The van der Waals surface area contributed by atoms with Crippen molar-refractivity contribution in [2.45, 2.75) is 33.4 Å². The highest BCUT2D eigenvalue weighted by Gasteiger charge is 2.03. The van der Waals surface area contributed by atoms with E-state index in [9.17, 15) is 0 Å². The zero-order chi connectivity index (χ0) is 13.5. The lowest BCUT2D eigenvalue weighted by Crippen LogP contribution is -2.32. The summed E-state index contributed by atoms with van der Waals surface area (Å²) in [4.78, 5) is 2.33. The fourth-order valence-electron chi connectivity index (χ4n) is 1.97. The molecule has 0 radical (unpaired) electrons. The Morgan fingerprint density at radius 3 is 2.61 bits per heavy atom. The van der Waals surface area contributed by atoms with Crippen molar-refractivity contribution in [1.29, 1.82) is 0 Å². The van der Waals surface area contributed by atoms with E-state index in [4.69, 9.17) is 4.74 Å². The average molecular weight is 250 g/mol. The van der Waals surface area contributed by atoms with Gasteiger partial charge >= 0.3 is 0 Å². The molecule has 1 aromatic rings. The highest BCUT2D eigenvalue weighted by molar-refractivity contribution is 5.36. The fraction of sp³-hybridized carbons (Fsp3) is 0.600. The Morgan fingerprint density at radius 1 is 1.33 bits per heavy atom. The summed E-state index contributed by atoms with van der Waals surface area (Å²) < 4.78 is 5.27. The van der Waals surface area contributed by atoms with Gasteiger partial charge in [0.2, 0.25) is 0 Å². The second-order valence-electron chi connectivity index (χ2n) is 5.15. The molecule has 3 heteroatoms. The van der Waals surface area contributed by atoms with Gasteiger partial charge in [-0.2, -0.15) is 0 Å². The van der Waals surface area contributed by atoms with Crippen molar-refractivity contribution < 1.29 is 4.74 Å². The minimum absolute atomic E-state index is 0.557. The quantitative estimate of drug-likeness (QED) is 0.804. The van der Waals surface area contributed by atoms with E-state index in [0.29, 0.717) is 6.04 Å². The number of likely N-dealkylation sites (N-methyl/N-ethyl adjacent to an activating group) is 1. The van der Waals surface area contributed by atoms with Crippen LogP contribution < -0.4 is 10.1 Å². The molecule has 0 aliphatic heterocycles. The molecule has 0 saturated heterocycles. The van der Waals surface area contributed by atoms with E-state index in [1.807, 2.05) is 6.07 Å². The van der Waals surface area contributed by atoms with E-state index >= 15 is 0 Å². The summed E-state index contributed by atoms with van der Waals surface area (Å²) in [6, 6.07) is 6.94. The van der Waals surface area contributed by atoms with Crippen LogP contribution in [0.4, 0.5) is 0 Å². The van der Waals surface area contributed by atoms with E-state index in [-0.39, 0.29) is 0 Å². The Kier molecular flexibility index (Phi) is 6.16. The Bertz CT molecular complexity index is 364. The number of methoxy groups -OCH3 is 1. The third-order valence-corrected chi connectivity index (χ3v) is 2.96. The van der Waals surface area contributed by atoms with Gasteiger partial charge in [-0.3, -0.25) is 0 Å². The first kappa shape index (κ1) is 15.0. The zero-order valence-electron chi connectivity index (χ0n) is 12.3. The Morgan fingerprint density at radius 2 is 2.06 bits per heavy atom. The van der Waals surface area contributed by atoms with Crippen LogP contribution in [0.2, 0.25) is 0 Å². The largest absolute Gasteiger partial charge is 0.496 e. The van der Waals surface area contributed by atoms with Gasteiger partial charge in [0.25, 0.3) is 0 Å². The fourth-order valence-corrected chi connectivity index (χ4v) is 1.97. The lowest BCUT2D eigenvalue weighted by Gasteiger charge is -2.18. The summed E-state index contributed by atoms with van der Waals surface area (Å²) in [7, 11) is 3.87. The number of aryl methyl sites for hydroxylation is 1. The first-order chi connectivity index (χ1) is 8.52. The second kappa shape index (κ2) is 7.39. The SMILES string of the molecule is COc1ccc(CN(C)CCNC(C)C)cc1C. The van der Waals surface area contributed by atoms with E-state index in [0.717, 1.165) is 25.4 Å². The molecule has 0 atom stereocenters. The third kappa shape index (κ3) is 5.07. The number of benzene rings is 1. The Hall–Kier alpha value is -1.06. The molecule has 0 saturated carbocycles. The molecule has 0 amide bonds. The Balaban J connectivity index is 2.44. The zero-order valence-corrected chi connectivity index (χ0v) is 12.3. The van der Waals surface area contributed by atoms with E-state index in [1.165, 1.54) is 11.1 Å².